The van der Waals surface area contributed by atoms with Gasteiger partial charge >= 0.3 is 0 Å². The summed E-state index contributed by atoms with van der Waals surface area (Å²) in [6.45, 7) is 4.05. The molecule has 0 radical (unpaired) electrons. The first-order valence-electron chi connectivity index (χ1n) is 6.31. The van der Waals surface area contributed by atoms with Gasteiger partial charge in [-0.25, -0.2) is 0 Å². The molecule has 0 aromatic rings. The van der Waals surface area contributed by atoms with Gasteiger partial charge in [0.1, 0.15) is 5.78 Å². The van der Waals surface area contributed by atoms with Gasteiger partial charge in [-0.15, -0.1) is 0 Å². The molecule has 2 saturated carbocycles. The number of hydrogen-bond donors (Lipinski definition) is 1. The van der Waals surface area contributed by atoms with E-state index in [2.05, 4.69) is 6.92 Å². The second kappa shape index (κ2) is 4.25. The van der Waals surface area contributed by atoms with Crippen molar-refractivity contribution >= 4 is 5.78 Å². The molecule has 5 atom stereocenters. The van der Waals surface area contributed by atoms with Crippen LogP contribution in [0.25, 0.3) is 0 Å². The van der Waals surface area contributed by atoms with Gasteiger partial charge in [-0.2, -0.15) is 0 Å². The number of hydrogen-bond acceptors (Lipinski definition) is 2. The number of rotatable bonds is 3. The van der Waals surface area contributed by atoms with Gasteiger partial charge in [0.25, 0.3) is 0 Å². The Kier molecular flexibility index (Phi) is 3.15. The molecule has 0 heterocycles. The molecule has 1 unspecified atom stereocenters. The zero-order valence-corrected chi connectivity index (χ0v) is 9.78. The smallest absolute Gasteiger partial charge is 0.139 e. The minimum atomic E-state index is -0.226. The van der Waals surface area contributed by atoms with E-state index in [0.29, 0.717) is 29.5 Å². The summed E-state index contributed by atoms with van der Waals surface area (Å²) in [5.41, 5.74) is 0. The van der Waals surface area contributed by atoms with Crippen molar-refractivity contribution in [3.63, 3.8) is 0 Å². The standard InChI is InChI=1S/C13H22O2/c1-8(6-9(2)14)12-7-10-4-3-5-11(12)13(10)15/h8-12,14H,3-7H2,1-2H3/t8?,9-,10-,11+,12+/m1/s1. The first-order valence-corrected chi connectivity index (χ1v) is 6.31. The molecule has 2 fully saturated rings. The van der Waals surface area contributed by atoms with Gasteiger partial charge in [0.15, 0.2) is 0 Å². The molecular formula is C13H22O2. The lowest BCUT2D eigenvalue weighted by Crippen LogP contribution is -2.25. The van der Waals surface area contributed by atoms with Gasteiger partial charge in [-0.1, -0.05) is 13.3 Å². The molecule has 0 aliphatic heterocycles. The van der Waals surface area contributed by atoms with Crippen molar-refractivity contribution in [1.29, 1.82) is 0 Å². The van der Waals surface area contributed by atoms with Crippen molar-refractivity contribution in [3.05, 3.63) is 0 Å². The van der Waals surface area contributed by atoms with Crippen LogP contribution in [0.2, 0.25) is 0 Å². The SMILES string of the molecule is CC(C[C@@H](C)O)[C@@H]1C[C@H]2CCC[C@@H]1C2=O. The van der Waals surface area contributed by atoms with Crippen molar-refractivity contribution < 1.29 is 9.90 Å². The first kappa shape index (κ1) is 11.1. The lowest BCUT2D eigenvalue weighted by Gasteiger charge is -2.25. The fraction of sp³-hybridized carbons (Fsp3) is 0.923. The van der Waals surface area contributed by atoms with Crippen LogP contribution in [0.5, 0.6) is 0 Å². The molecule has 15 heavy (non-hydrogen) atoms. The number of carbonyl (C=O) groups is 1. The number of aliphatic hydroxyl groups is 1. The summed E-state index contributed by atoms with van der Waals surface area (Å²) < 4.78 is 0. The van der Waals surface area contributed by atoms with E-state index in [0.717, 1.165) is 25.7 Å². The highest BCUT2D eigenvalue weighted by Gasteiger charge is 2.45. The predicted molar refractivity (Wildman–Crippen MR) is 59.4 cm³/mol. The van der Waals surface area contributed by atoms with Crippen molar-refractivity contribution in [2.24, 2.45) is 23.7 Å². The molecule has 2 bridgehead atoms. The Hall–Kier alpha value is -0.370. The van der Waals surface area contributed by atoms with E-state index >= 15 is 0 Å². The summed E-state index contributed by atoms with van der Waals surface area (Å²) in [5, 5.41) is 9.40. The molecule has 0 spiro atoms. The van der Waals surface area contributed by atoms with Gasteiger partial charge < -0.3 is 5.11 Å². The van der Waals surface area contributed by atoms with Crippen LogP contribution in [0.1, 0.15) is 46.0 Å². The summed E-state index contributed by atoms with van der Waals surface area (Å²) in [7, 11) is 0. The molecule has 2 rings (SSSR count). The molecule has 2 aliphatic carbocycles. The Morgan fingerprint density at radius 3 is 2.73 bits per heavy atom. The van der Waals surface area contributed by atoms with Gasteiger partial charge in [0.05, 0.1) is 6.10 Å². The van der Waals surface area contributed by atoms with Crippen molar-refractivity contribution in [2.45, 2.75) is 52.1 Å². The van der Waals surface area contributed by atoms with Crippen LogP contribution in [0.4, 0.5) is 0 Å². The molecule has 2 heteroatoms. The maximum atomic E-state index is 11.9. The lowest BCUT2D eigenvalue weighted by atomic mass is 9.79. The summed E-state index contributed by atoms with van der Waals surface area (Å²) >= 11 is 0. The van der Waals surface area contributed by atoms with Crippen molar-refractivity contribution in [3.8, 4) is 0 Å². The molecule has 1 N–H and O–H groups in total. The third-order valence-corrected chi connectivity index (χ3v) is 4.35. The molecule has 0 saturated heterocycles. The largest absolute Gasteiger partial charge is 0.393 e. The Morgan fingerprint density at radius 2 is 2.13 bits per heavy atom. The fourth-order valence-electron chi connectivity index (χ4n) is 3.67. The van der Waals surface area contributed by atoms with E-state index in [4.69, 9.17) is 0 Å². The van der Waals surface area contributed by atoms with Gasteiger partial charge in [-0.05, 0) is 44.4 Å². The van der Waals surface area contributed by atoms with Crippen LogP contribution in [-0.4, -0.2) is 17.0 Å². The van der Waals surface area contributed by atoms with Crippen LogP contribution in [0.15, 0.2) is 0 Å². The average Bonchev–Trinajstić information content (AvgIpc) is 2.35. The van der Waals surface area contributed by atoms with Gasteiger partial charge in [0.2, 0.25) is 0 Å². The Labute approximate surface area is 92.1 Å². The number of Topliss-reactive ketones (excluding diaryl/α,β-unsaturated/α-hetero) is 1. The highest BCUT2D eigenvalue weighted by molar-refractivity contribution is 5.86. The third-order valence-electron chi connectivity index (χ3n) is 4.35. The van der Waals surface area contributed by atoms with E-state index in [9.17, 15) is 9.90 Å². The van der Waals surface area contributed by atoms with Gasteiger partial charge in [0, 0.05) is 11.8 Å². The summed E-state index contributed by atoms with van der Waals surface area (Å²) in [6.07, 6.45) is 5.17. The minimum Gasteiger partial charge on any atom is -0.393 e. The highest BCUT2D eigenvalue weighted by Crippen LogP contribution is 2.47. The average molecular weight is 210 g/mol. The van der Waals surface area contributed by atoms with Crippen LogP contribution >= 0.6 is 0 Å². The van der Waals surface area contributed by atoms with Gasteiger partial charge in [-0.3, -0.25) is 4.79 Å². The Balaban J connectivity index is 2.01. The third kappa shape index (κ3) is 2.10. The summed E-state index contributed by atoms with van der Waals surface area (Å²) in [4.78, 5) is 11.9. The van der Waals surface area contributed by atoms with Crippen LogP contribution in [0.3, 0.4) is 0 Å². The Morgan fingerprint density at radius 1 is 1.40 bits per heavy atom. The van der Waals surface area contributed by atoms with Crippen LogP contribution in [0, 0.1) is 23.7 Å². The van der Waals surface area contributed by atoms with E-state index in [1.165, 1.54) is 6.42 Å². The number of carbonyl (C=O) groups excluding carboxylic acids is 1. The van der Waals surface area contributed by atoms with Crippen molar-refractivity contribution in [1.82, 2.24) is 0 Å². The molecular weight excluding hydrogens is 188 g/mol. The lowest BCUT2D eigenvalue weighted by molar-refractivity contribution is -0.126. The monoisotopic (exact) mass is 210 g/mol. The topological polar surface area (TPSA) is 37.3 Å². The second-order valence-electron chi connectivity index (χ2n) is 5.60. The Bertz CT molecular complexity index is 247. The molecule has 0 amide bonds. The molecule has 0 aromatic heterocycles. The highest BCUT2D eigenvalue weighted by atomic mass is 16.3. The van der Waals surface area contributed by atoms with E-state index in [1.807, 2.05) is 6.92 Å². The number of ketones is 1. The molecule has 2 aliphatic rings. The minimum absolute atomic E-state index is 0.226. The normalized spacial score (nSPS) is 39.1. The zero-order chi connectivity index (χ0) is 11.0. The first-order chi connectivity index (χ1) is 7.09. The van der Waals surface area contributed by atoms with Crippen molar-refractivity contribution in [2.75, 3.05) is 0 Å². The number of aliphatic hydroxyl groups excluding tert-OH is 1. The van der Waals surface area contributed by atoms with Crippen LogP contribution in [-0.2, 0) is 4.79 Å². The zero-order valence-electron chi connectivity index (χ0n) is 9.78. The number of fused-ring (bicyclic) bond motifs is 2. The summed E-state index contributed by atoms with van der Waals surface area (Å²) in [6, 6.07) is 0. The molecule has 2 nitrogen and oxygen atoms in total. The van der Waals surface area contributed by atoms with E-state index in [-0.39, 0.29) is 6.10 Å². The molecule has 0 aromatic carbocycles. The quantitative estimate of drug-likeness (QED) is 0.776. The maximum Gasteiger partial charge on any atom is 0.139 e. The second-order valence-corrected chi connectivity index (χ2v) is 5.60. The fourth-order valence-corrected chi connectivity index (χ4v) is 3.67. The maximum absolute atomic E-state index is 11.9. The summed E-state index contributed by atoms with van der Waals surface area (Å²) in [5.74, 6) is 2.29. The van der Waals surface area contributed by atoms with Crippen LogP contribution < -0.4 is 0 Å². The van der Waals surface area contributed by atoms with E-state index in [1.54, 1.807) is 0 Å². The van der Waals surface area contributed by atoms with E-state index < -0.39 is 0 Å². The predicted octanol–water partition coefficient (Wildman–Crippen LogP) is 2.40. The molecule has 86 valence electrons.